The van der Waals surface area contributed by atoms with E-state index in [9.17, 15) is 8.42 Å². The molecule has 1 heterocycles. The van der Waals surface area contributed by atoms with E-state index >= 15 is 0 Å². The number of ether oxygens (including phenoxy) is 2. The van der Waals surface area contributed by atoms with Gasteiger partial charge in [-0.3, -0.25) is 4.55 Å². The van der Waals surface area contributed by atoms with E-state index in [1.54, 1.807) is 6.07 Å². The number of hydrogen-bond acceptors (Lipinski definition) is 4. The van der Waals surface area contributed by atoms with Crippen molar-refractivity contribution in [1.29, 1.82) is 0 Å². The van der Waals surface area contributed by atoms with Crippen LogP contribution >= 0.6 is 0 Å². The van der Waals surface area contributed by atoms with Gasteiger partial charge in [-0.05, 0) is 12.1 Å². The zero-order valence-corrected chi connectivity index (χ0v) is 8.61. The Morgan fingerprint density at radius 2 is 2.13 bits per heavy atom. The molecule has 0 aliphatic carbocycles. The smallest absolute Gasteiger partial charge is 0.298 e. The Morgan fingerprint density at radius 3 is 2.73 bits per heavy atom. The minimum absolute atomic E-state index is 0.0412. The molecule has 1 N–H and O–H groups in total. The summed E-state index contributed by atoms with van der Waals surface area (Å²) in [7, 11) is -4.23. The van der Waals surface area contributed by atoms with Crippen LogP contribution in [0.3, 0.4) is 0 Å². The summed E-state index contributed by atoms with van der Waals surface area (Å²) in [5.74, 6) is 0.149. The van der Waals surface area contributed by atoms with Crippen molar-refractivity contribution in [3.8, 4) is 5.75 Å². The fourth-order valence-corrected chi connectivity index (χ4v) is 1.76. The Balaban J connectivity index is 2.20. The van der Waals surface area contributed by atoms with Crippen LogP contribution in [-0.2, 0) is 14.9 Å². The number of rotatable bonds is 4. The normalized spacial score (nSPS) is 19.9. The van der Waals surface area contributed by atoms with E-state index < -0.39 is 10.1 Å². The third kappa shape index (κ3) is 2.68. The maximum absolute atomic E-state index is 11.0. The van der Waals surface area contributed by atoms with Crippen molar-refractivity contribution in [1.82, 2.24) is 0 Å². The standard InChI is InChI=1S/C9H10O5S/c10-15(11,12)9-4-2-1-3-8(9)14-6-7-5-13-7/h1-4,7H,5-6H2,(H,10,11,12). The van der Waals surface area contributed by atoms with Gasteiger partial charge in [-0.25, -0.2) is 0 Å². The third-order valence-electron chi connectivity index (χ3n) is 1.95. The van der Waals surface area contributed by atoms with Crippen molar-refractivity contribution in [2.45, 2.75) is 11.0 Å². The molecule has 5 nitrogen and oxygen atoms in total. The van der Waals surface area contributed by atoms with Gasteiger partial charge in [0.05, 0.1) is 6.61 Å². The predicted molar refractivity (Wildman–Crippen MR) is 51.5 cm³/mol. The van der Waals surface area contributed by atoms with E-state index in [1.807, 2.05) is 0 Å². The van der Waals surface area contributed by atoms with Crippen LogP contribution in [-0.4, -0.2) is 32.3 Å². The van der Waals surface area contributed by atoms with Crippen LogP contribution in [0.4, 0.5) is 0 Å². The largest absolute Gasteiger partial charge is 0.489 e. The second-order valence-corrected chi connectivity index (χ2v) is 4.58. The van der Waals surface area contributed by atoms with Gasteiger partial charge in [-0.1, -0.05) is 12.1 Å². The molecule has 1 aromatic carbocycles. The van der Waals surface area contributed by atoms with Crippen molar-refractivity contribution in [2.75, 3.05) is 13.2 Å². The highest BCUT2D eigenvalue weighted by Gasteiger charge is 2.24. The van der Waals surface area contributed by atoms with Gasteiger partial charge in [0.25, 0.3) is 10.1 Å². The average Bonchev–Trinajstić information content (AvgIpc) is 2.97. The number of benzene rings is 1. The van der Waals surface area contributed by atoms with E-state index in [-0.39, 0.29) is 16.7 Å². The highest BCUT2D eigenvalue weighted by atomic mass is 32.2. The van der Waals surface area contributed by atoms with E-state index in [0.717, 1.165) is 0 Å². The monoisotopic (exact) mass is 230 g/mol. The van der Waals surface area contributed by atoms with Gasteiger partial charge >= 0.3 is 0 Å². The second kappa shape index (κ2) is 3.80. The molecule has 2 rings (SSSR count). The molecule has 1 unspecified atom stereocenters. The molecule has 1 aliphatic rings. The fourth-order valence-electron chi connectivity index (χ4n) is 1.13. The van der Waals surface area contributed by atoms with Crippen LogP contribution in [0.5, 0.6) is 5.75 Å². The van der Waals surface area contributed by atoms with Crippen LogP contribution in [0, 0.1) is 0 Å². The van der Waals surface area contributed by atoms with Crippen molar-refractivity contribution < 1.29 is 22.4 Å². The van der Waals surface area contributed by atoms with Crippen molar-refractivity contribution in [3.05, 3.63) is 24.3 Å². The van der Waals surface area contributed by atoms with Crippen molar-refractivity contribution >= 4 is 10.1 Å². The number of hydrogen-bond donors (Lipinski definition) is 1. The summed E-state index contributed by atoms with van der Waals surface area (Å²) < 4.78 is 41.0. The molecule has 1 aromatic rings. The Hall–Kier alpha value is -1.11. The van der Waals surface area contributed by atoms with Crippen LogP contribution < -0.4 is 4.74 Å². The van der Waals surface area contributed by atoms with Crippen molar-refractivity contribution in [3.63, 3.8) is 0 Å². The van der Waals surface area contributed by atoms with Gasteiger partial charge < -0.3 is 9.47 Å². The molecule has 1 fully saturated rings. The molecular formula is C9H10O5S. The van der Waals surface area contributed by atoms with E-state index in [1.165, 1.54) is 18.2 Å². The first kappa shape index (κ1) is 10.4. The molecule has 82 valence electrons. The highest BCUT2D eigenvalue weighted by molar-refractivity contribution is 7.86. The minimum atomic E-state index is -4.23. The molecule has 0 aromatic heterocycles. The van der Waals surface area contributed by atoms with Crippen LogP contribution in [0.15, 0.2) is 29.2 Å². The summed E-state index contributed by atoms with van der Waals surface area (Å²) in [5, 5.41) is 0. The first-order valence-corrected chi connectivity index (χ1v) is 5.82. The zero-order chi connectivity index (χ0) is 10.9. The lowest BCUT2D eigenvalue weighted by atomic mass is 10.3. The lowest BCUT2D eigenvalue weighted by Crippen LogP contribution is -2.08. The minimum Gasteiger partial charge on any atom is -0.489 e. The predicted octanol–water partition coefficient (Wildman–Crippen LogP) is 0.711. The third-order valence-corrected chi connectivity index (χ3v) is 2.85. The molecule has 0 amide bonds. The van der Waals surface area contributed by atoms with E-state index in [2.05, 4.69) is 0 Å². The lowest BCUT2D eigenvalue weighted by Gasteiger charge is -2.07. The summed E-state index contributed by atoms with van der Waals surface area (Å²) in [6, 6.07) is 5.94. The zero-order valence-electron chi connectivity index (χ0n) is 7.79. The Labute approximate surface area is 87.4 Å². The quantitative estimate of drug-likeness (QED) is 0.609. The van der Waals surface area contributed by atoms with E-state index in [4.69, 9.17) is 14.0 Å². The molecule has 1 saturated heterocycles. The fraction of sp³-hybridized carbons (Fsp3) is 0.333. The maximum atomic E-state index is 11.0. The SMILES string of the molecule is O=S(=O)(O)c1ccccc1OCC1CO1. The molecule has 6 heteroatoms. The maximum Gasteiger partial charge on any atom is 0.298 e. The van der Waals surface area contributed by atoms with Crippen LogP contribution in [0.1, 0.15) is 0 Å². The Kier molecular flexibility index (Phi) is 2.64. The Morgan fingerprint density at radius 1 is 1.47 bits per heavy atom. The second-order valence-electron chi connectivity index (χ2n) is 3.19. The Bertz CT molecular complexity index is 449. The summed E-state index contributed by atoms with van der Waals surface area (Å²) in [6.45, 7) is 0.931. The topological polar surface area (TPSA) is 76.1 Å². The molecule has 0 saturated carbocycles. The number of para-hydroxylation sites is 1. The summed E-state index contributed by atoms with van der Waals surface area (Å²) in [4.78, 5) is -0.217. The highest BCUT2D eigenvalue weighted by Crippen LogP contribution is 2.24. The van der Waals surface area contributed by atoms with Crippen molar-refractivity contribution in [2.24, 2.45) is 0 Å². The molecule has 0 spiro atoms. The number of epoxide rings is 1. The van der Waals surface area contributed by atoms with Gasteiger partial charge in [-0.15, -0.1) is 0 Å². The molecule has 1 atom stereocenters. The molecule has 0 bridgehead atoms. The van der Waals surface area contributed by atoms with Gasteiger partial charge in [-0.2, -0.15) is 8.42 Å². The molecule has 15 heavy (non-hydrogen) atoms. The molecular weight excluding hydrogens is 220 g/mol. The summed E-state index contributed by atoms with van der Waals surface area (Å²) >= 11 is 0. The lowest BCUT2D eigenvalue weighted by molar-refractivity contribution is 0.257. The molecule has 1 aliphatic heterocycles. The van der Waals surface area contributed by atoms with Gasteiger partial charge in [0, 0.05) is 0 Å². The summed E-state index contributed by atoms with van der Waals surface area (Å²) in [5.41, 5.74) is 0. The van der Waals surface area contributed by atoms with Gasteiger partial charge in [0.2, 0.25) is 0 Å². The van der Waals surface area contributed by atoms with Crippen LogP contribution in [0.25, 0.3) is 0 Å². The van der Waals surface area contributed by atoms with Gasteiger partial charge in [0.1, 0.15) is 23.4 Å². The first-order valence-electron chi connectivity index (χ1n) is 4.38. The van der Waals surface area contributed by atoms with E-state index in [0.29, 0.717) is 13.2 Å². The van der Waals surface area contributed by atoms with Crippen LogP contribution in [0.2, 0.25) is 0 Å². The molecule has 0 radical (unpaired) electrons. The summed E-state index contributed by atoms with van der Waals surface area (Å²) in [6.07, 6.45) is 0.0412. The average molecular weight is 230 g/mol. The first-order chi connectivity index (χ1) is 7.07. The van der Waals surface area contributed by atoms with Gasteiger partial charge in [0.15, 0.2) is 0 Å².